The van der Waals surface area contributed by atoms with Gasteiger partial charge in [-0.3, -0.25) is 4.98 Å². The van der Waals surface area contributed by atoms with E-state index in [9.17, 15) is 0 Å². The first-order valence-corrected chi connectivity index (χ1v) is 3.94. The monoisotopic (exact) mass is 170 g/mol. The summed E-state index contributed by atoms with van der Waals surface area (Å²) in [6, 6.07) is 3.75. The zero-order valence-electron chi connectivity index (χ0n) is 6.47. The molecular weight excluding hydrogens is 160 g/mol. The fourth-order valence-electron chi connectivity index (χ4n) is 0.906. The van der Waals surface area contributed by atoms with Crippen LogP contribution in [0, 0.1) is 6.92 Å². The third-order valence-corrected chi connectivity index (χ3v) is 1.78. The van der Waals surface area contributed by atoms with Gasteiger partial charge in [0.25, 0.3) is 0 Å². The number of pyridine rings is 1. The van der Waals surface area contributed by atoms with Crippen LogP contribution in [0.1, 0.15) is 11.4 Å². The van der Waals surface area contributed by atoms with Gasteiger partial charge in [0.15, 0.2) is 0 Å². The van der Waals surface area contributed by atoms with Crippen molar-refractivity contribution in [1.82, 2.24) is 4.98 Å². The quantitative estimate of drug-likeness (QED) is 0.732. The largest absolute Gasteiger partial charge is 0.330 e. The second kappa shape index (κ2) is 3.69. The molecule has 1 heterocycles. The lowest BCUT2D eigenvalue weighted by Gasteiger charge is -2.01. The molecule has 2 nitrogen and oxygen atoms in total. The van der Waals surface area contributed by atoms with Gasteiger partial charge in [-0.2, -0.15) is 0 Å². The summed E-state index contributed by atoms with van der Waals surface area (Å²) < 4.78 is 0. The first kappa shape index (κ1) is 8.50. The molecule has 0 radical (unpaired) electrons. The Morgan fingerprint density at radius 3 is 2.91 bits per heavy atom. The molecule has 1 aromatic rings. The molecule has 1 aromatic heterocycles. The maximum absolute atomic E-state index is 5.86. The molecule has 0 fully saturated rings. The van der Waals surface area contributed by atoms with Gasteiger partial charge < -0.3 is 5.73 Å². The molecule has 0 amide bonds. The first-order valence-electron chi connectivity index (χ1n) is 3.56. The SMILES string of the molecule is Cc1ccc(Cl)c(CCN)n1. The molecule has 0 unspecified atom stereocenters. The van der Waals surface area contributed by atoms with E-state index in [0.717, 1.165) is 17.8 Å². The van der Waals surface area contributed by atoms with Crippen LogP contribution >= 0.6 is 11.6 Å². The van der Waals surface area contributed by atoms with Gasteiger partial charge in [-0.25, -0.2) is 0 Å². The van der Waals surface area contributed by atoms with Crippen molar-refractivity contribution in [2.24, 2.45) is 5.73 Å². The van der Waals surface area contributed by atoms with Gasteiger partial charge in [0.2, 0.25) is 0 Å². The number of aryl methyl sites for hydroxylation is 1. The Bertz CT molecular complexity index is 248. The van der Waals surface area contributed by atoms with Crippen molar-refractivity contribution in [3.63, 3.8) is 0 Å². The topological polar surface area (TPSA) is 38.9 Å². The standard InChI is InChI=1S/C8H11ClN2/c1-6-2-3-7(9)8(11-6)4-5-10/h2-3H,4-5,10H2,1H3. The Kier molecular flexibility index (Phi) is 2.85. The minimum atomic E-state index is 0.593. The summed E-state index contributed by atoms with van der Waals surface area (Å²) in [7, 11) is 0. The summed E-state index contributed by atoms with van der Waals surface area (Å²) >= 11 is 5.86. The number of nitrogens with two attached hydrogens (primary N) is 1. The second-order valence-corrected chi connectivity index (χ2v) is 2.83. The molecule has 0 spiro atoms. The number of hydrogen-bond donors (Lipinski definition) is 1. The molecule has 11 heavy (non-hydrogen) atoms. The molecular formula is C8H11ClN2. The van der Waals surface area contributed by atoms with Crippen LogP contribution in [0.5, 0.6) is 0 Å². The van der Waals surface area contributed by atoms with Crippen LogP contribution < -0.4 is 5.73 Å². The molecule has 0 aliphatic heterocycles. The average molecular weight is 171 g/mol. The highest BCUT2D eigenvalue weighted by atomic mass is 35.5. The summed E-state index contributed by atoms with van der Waals surface area (Å²) in [4.78, 5) is 4.25. The fourth-order valence-corrected chi connectivity index (χ4v) is 1.11. The second-order valence-electron chi connectivity index (χ2n) is 2.42. The van der Waals surface area contributed by atoms with Crippen LogP contribution in [-0.4, -0.2) is 11.5 Å². The van der Waals surface area contributed by atoms with Crippen molar-refractivity contribution in [3.05, 3.63) is 28.5 Å². The van der Waals surface area contributed by atoms with Crippen LogP contribution in [-0.2, 0) is 6.42 Å². The van der Waals surface area contributed by atoms with Crippen LogP contribution in [0.25, 0.3) is 0 Å². The molecule has 0 atom stereocenters. The van der Waals surface area contributed by atoms with Crippen LogP contribution in [0.3, 0.4) is 0 Å². The molecule has 0 bridgehead atoms. The molecule has 0 saturated heterocycles. The lowest BCUT2D eigenvalue weighted by atomic mass is 10.2. The number of hydrogen-bond acceptors (Lipinski definition) is 2. The maximum Gasteiger partial charge on any atom is 0.0622 e. The number of halogens is 1. The third-order valence-electron chi connectivity index (χ3n) is 1.44. The molecule has 3 heteroatoms. The van der Waals surface area contributed by atoms with Gasteiger partial charge in [-0.05, 0) is 25.6 Å². The highest BCUT2D eigenvalue weighted by Gasteiger charge is 1.99. The fraction of sp³-hybridized carbons (Fsp3) is 0.375. The lowest BCUT2D eigenvalue weighted by Crippen LogP contribution is -2.05. The predicted molar refractivity (Wildman–Crippen MR) is 46.7 cm³/mol. The summed E-state index contributed by atoms with van der Waals surface area (Å²) in [5.41, 5.74) is 7.26. The van der Waals surface area contributed by atoms with Crippen molar-refractivity contribution in [2.75, 3.05) is 6.54 Å². The Morgan fingerprint density at radius 1 is 1.55 bits per heavy atom. The minimum Gasteiger partial charge on any atom is -0.330 e. The number of nitrogens with zero attached hydrogens (tertiary/aromatic N) is 1. The van der Waals surface area contributed by atoms with Crippen LogP contribution in [0.4, 0.5) is 0 Å². The van der Waals surface area contributed by atoms with Gasteiger partial charge in [0.05, 0.1) is 10.7 Å². The summed E-state index contributed by atoms with van der Waals surface area (Å²) in [5, 5.41) is 0.709. The maximum atomic E-state index is 5.86. The van der Waals surface area contributed by atoms with Gasteiger partial charge in [0, 0.05) is 12.1 Å². The predicted octanol–water partition coefficient (Wildman–Crippen LogP) is 1.54. The van der Waals surface area contributed by atoms with Crippen molar-refractivity contribution >= 4 is 11.6 Å². The van der Waals surface area contributed by atoms with E-state index in [1.54, 1.807) is 0 Å². The van der Waals surface area contributed by atoms with Crippen molar-refractivity contribution in [2.45, 2.75) is 13.3 Å². The van der Waals surface area contributed by atoms with E-state index in [2.05, 4.69) is 4.98 Å². The molecule has 0 saturated carbocycles. The van der Waals surface area contributed by atoms with Crippen molar-refractivity contribution in [3.8, 4) is 0 Å². The van der Waals surface area contributed by atoms with Gasteiger partial charge in [0.1, 0.15) is 0 Å². The number of aromatic nitrogens is 1. The van der Waals surface area contributed by atoms with E-state index in [1.165, 1.54) is 0 Å². The van der Waals surface area contributed by atoms with Gasteiger partial charge >= 0.3 is 0 Å². The average Bonchev–Trinajstić information content (AvgIpc) is 1.98. The van der Waals surface area contributed by atoms with Gasteiger partial charge in [-0.1, -0.05) is 11.6 Å². The van der Waals surface area contributed by atoms with Crippen molar-refractivity contribution in [1.29, 1.82) is 0 Å². The number of rotatable bonds is 2. The minimum absolute atomic E-state index is 0.593. The van der Waals surface area contributed by atoms with E-state index in [-0.39, 0.29) is 0 Å². The Balaban J connectivity index is 2.93. The zero-order chi connectivity index (χ0) is 8.27. The van der Waals surface area contributed by atoms with E-state index in [4.69, 9.17) is 17.3 Å². The van der Waals surface area contributed by atoms with Crippen LogP contribution in [0.15, 0.2) is 12.1 Å². The summed E-state index contributed by atoms with van der Waals surface area (Å²) in [5.74, 6) is 0. The summed E-state index contributed by atoms with van der Waals surface area (Å²) in [6.07, 6.45) is 0.751. The van der Waals surface area contributed by atoms with E-state index in [1.807, 2.05) is 19.1 Å². The molecule has 2 N–H and O–H groups in total. The van der Waals surface area contributed by atoms with Crippen molar-refractivity contribution < 1.29 is 0 Å². The third kappa shape index (κ3) is 2.17. The van der Waals surface area contributed by atoms with E-state index < -0.39 is 0 Å². The summed E-state index contributed by atoms with van der Waals surface area (Å²) in [6.45, 7) is 2.53. The smallest absolute Gasteiger partial charge is 0.0622 e. The molecule has 60 valence electrons. The molecule has 0 aromatic carbocycles. The molecule has 0 aliphatic carbocycles. The normalized spacial score (nSPS) is 10.1. The molecule has 1 rings (SSSR count). The Labute approximate surface area is 71.4 Å². The zero-order valence-corrected chi connectivity index (χ0v) is 7.23. The Hall–Kier alpha value is -0.600. The molecule has 0 aliphatic rings. The van der Waals surface area contributed by atoms with E-state index >= 15 is 0 Å². The first-order chi connectivity index (χ1) is 5.24. The highest BCUT2D eigenvalue weighted by molar-refractivity contribution is 6.31. The Morgan fingerprint density at radius 2 is 2.27 bits per heavy atom. The van der Waals surface area contributed by atoms with Gasteiger partial charge in [-0.15, -0.1) is 0 Å². The lowest BCUT2D eigenvalue weighted by molar-refractivity contribution is 0.912. The highest BCUT2D eigenvalue weighted by Crippen LogP contribution is 2.13. The van der Waals surface area contributed by atoms with Crippen LogP contribution in [0.2, 0.25) is 5.02 Å². The van der Waals surface area contributed by atoms with E-state index in [0.29, 0.717) is 11.6 Å².